The molecule has 2 aromatic carbocycles. The zero-order valence-corrected chi connectivity index (χ0v) is 18.3. The van der Waals surface area contributed by atoms with Crippen molar-refractivity contribution < 1.29 is 19.1 Å². The molecule has 0 radical (unpaired) electrons. The van der Waals surface area contributed by atoms with E-state index in [1.54, 1.807) is 19.1 Å². The van der Waals surface area contributed by atoms with Gasteiger partial charge in [-0.15, -0.1) is 0 Å². The van der Waals surface area contributed by atoms with Crippen LogP contribution in [-0.2, 0) is 9.59 Å². The lowest BCUT2D eigenvalue weighted by molar-refractivity contribution is -0.132. The number of carbonyl (C=O) groups excluding carboxylic acids is 2. The molecule has 1 N–H and O–H groups in total. The average molecular weight is 415 g/mol. The molecule has 1 amide bonds. The fraction of sp³-hybridized carbons (Fsp3) is 0.231. The van der Waals surface area contributed by atoms with Gasteiger partial charge >= 0.3 is 0 Å². The maximum Gasteiger partial charge on any atom is 0.300 e. The van der Waals surface area contributed by atoms with Crippen molar-refractivity contribution in [1.29, 1.82) is 0 Å². The molecule has 5 nitrogen and oxygen atoms in total. The summed E-state index contributed by atoms with van der Waals surface area (Å²) in [7, 11) is 0. The highest BCUT2D eigenvalue weighted by Crippen LogP contribution is 2.44. The summed E-state index contributed by atoms with van der Waals surface area (Å²) in [5.74, 6) is -0.498. The predicted molar refractivity (Wildman–Crippen MR) is 120 cm³/mol. The number of anilines is 1. The molecule has 0 bridgehead atoms. The molecule has 0 saturated carbocycles. The number of aryl methyl sites for hydroxylation is 5. The van der Waals surface area contributed by atoms with Crippen molar-refractivity contribution in [3.8, 4) is 0 Å². The predicted octanol–water partition coefficient (Wildman–Crippen LogP) is 5.45. The van der Waals surface area contributed by atoms with Crippen LogP contribution in [0.3, 0.4) is 0 Å². The van der Waals surface area contributed by atoms with Gasteiger partial charge in [0.05, 0.1) is 5.57 Å². The van der Waals surface area contributed by atoms with Gasteiger partial charge in [0, 0.05) is 11.3 Å². The number of aliphatic hydroxyl groups excluding tert-OH is 1. The van der Waals surface area contributed by atoms with E-state index in [0.717, 1.165) is 22.3 Å². The Bertz CT molecular complexity index is 1250. The average Bonchev–Trinajstić information content (AvgIpc) is 3.26. The first-order valence-electron chi connectivity index (χ1n) is 10.2. The number of hydrogen-bond acceptors (Lipinski definition) is 4. The van der Waals surface area contributed by atoms with Crippen molar-refractivity contribution in [2.45, 2.75) is 40.7 Å². The molecule has 1 aliphatic rings. The van der Waals surface area contributed by atoms with Crippen LogP contribution in [0, 0.1) is 34.6 Å². The van der Waals surface area contributed by atoms with Crippen LogP contribution in [0.1, 0.15) is 45.4 Å². The SMILES string of the molecule is Cc1ccc(C)c(/C(O)=C2/C(=O)C(=O)N(c3cc(C)ccc3C)C2c2ccc(C)o2)c1. The summed E-state index contributed by atoms with van der Waals surface area (Å²) in [4.78, 5) is 27.9. The molecule has 4 rings (SSSR count). The number of amides is 1. The summed E-state index contributed by atoms with van der Waals surface area (Å²) < 4.78 is 5.86. The molecule has 1 aliphatic heterocycles. The van der Waals surface area contributed by atoms with Gasteiger partial charge in [0.1, 0.15) is 23.3 Å². The van der Waals surface area contributed by atoms with Gasteiger partial charge in [0.15, 0.2) is 0 Å². The van der Waals surface area contributed by atoms with E-state index in [0.29, 0.717) is 22.8 Å². The molecule has 1 unspecified atom stereocenters. The van der Waals surface area contributed by atoms with Crippen LogP contribution < -0.4 is 4.90 Å². The van der Waals surface area contributed by atoms with Crippen molar-refractivity contribution in [2.24, 2.45) is 0 Å². The van der Waals surface area contributed by atoms with Gasteiger partial charge in [-0.3, -0.25) is 14.5 Å². The molecule has 5 heteroatoms. The molecule has 2 heterocycles. The standard InChI is InChI=1S/C26H25NO4/c1-14-6-8-16(3)19(12-14)24(28)22-23(21-11-10-18(5)31-21)27(26(30)25(22)29)20-13-15(2)7-9-17(20)4/h6-13,23,28H,1-5H3/b24-22-. The number of furan rings is 1. The molecule has 158 valence electrons. The molecule has 1 saturated heterocycles. The topological polar surface area (TPSA) is 70.8 Å². The van der Waals surface area contributed by atoms with Crippen LogP contribution in [0.25, 0.3) is 5.76 Å². The normalized spacial score (nSPS) is 18.1. The third-order valence-corrected chi connectivity index (χ3v) is 5.75. The number of aliphatic hydroxyl groups is 1. The Hall–Kier alpha value is -3.60. The van der Waals surface area contributed by atoms with Crippen molar-refractivity contribution >= 4 is 23.1 Å². The summed E-state index contributed by atoms with van der Waals surface area (Å²) in [5, 5.41) is 11.3. The summed E-state index contributed by atoms with van der Waals surface area (Å²) in [6.07, 6.45) is 0. The zero-order chi connectivity index (χ0) is 22.4. The van der Waals surface area contributed by atoms with E-state index in [-0.39, 0.29) is 11.3 Å². The second-order valence-electron chi connectivity index (χ2n) is 8.23. The Labute approximate surface area is 181 Å². The number of Topliss-reactive ketones (excluding diaryl/α,β-unsaturated/α-hetero) is 1. The Kier molecular flexibility index (Phi) is 5.05. The second kappa shape index (κ2) is 7.58. The van der Waals surface area contributed by atoms with Crippen molar-refractivity contribution in [2.75, 3.05) is 4.90 Å². The lowest BCUT2D eigenvalue weighted by Crippen LogP contribution is -2.30. The van der Waals surface area contributed by atoms with E-state index in [1.165, 1.54) is 4.90 Å². The molecular weight excluding hydrogens is 390 g/mol. The first-order valence-corrected chi connectivity index (χ1v) is 10.2. The van der Waals surface area contributed by atoms with Crippen LogP contribution in [0.4, 0.5) is 5.69 Å². The van der Waals surface area contributed by atoms with Crippen LogP contribution >= 0.6 is 0 Å². The maximum absolute atomic E-state index is 13.2. The van der Waals surface area contributed by atoms with Gasteiger partial charge in [-0.05, 0) is 75.6 Å². The van der Waals surface area contributed by atoms with E-state index in [2.05, 4.69) is 0 Å². The first-order chi connectivity index (χ1) is 14.7. The maximum atomic E-state index is 13.2. The molecule has 1 aromatic heterocycles. The van der Waals surface area contributed by atoms with Gasteiger partial charge in [0.2, 0.25) is 0 Å². The summed E-state index contributed by atoms with van der Waals surface area (Å²) >= 11 is 0. The lowest BCUT2D eigenvalue weighted by atomic mass is 9.95. The molecule has 31 heavy (non-hydrogen) atoms. The fourth-order valence-corrected chi connectivity index (χ4v) is 4.07. The lowest BCUT2D eigenvalue weighted by Gasteiger charge is -2.25. The third-order valence-electron chi connectivity index (χ3n) is 5.75. The van der Waals surface area contributed by atoms with Crippen LogP contribution in [-0.4, -0.2) is 16.8 Å². The molecule has 0 spiro atoms. The molecule has 3 aromatic rings. The van der Waals surface area contributed by atoms with Crippen molar-refractivity contribution in [3.63, 3.8) is 0 Å². The zero-order valence-electron chi connectivity index (χ0n) is 18.3. The second-order valence-corrected chi connectivity index (χ2v) is 8.23. The van der Waals surface area contributed by atoms with E-state index < -0.39 is 17.7 Å². The number of nitrogens with zero attached hydrogens (tertiary/aromatic N) is 1. The Morgan fingerprint density at radius 3 is 2.16 bits per heavy atom. The first kappa shape index (κ1) is 20.7. The number of ketones is 1. The van der Waals surface area contributed by atoms with Gasteiger partial charge < -0.3 is 9.52 Å². The monoisotopic (exact) mass is 415 g/mol. The fourth-order valence-electron chi connectivity index (χ4n) is 4.07. The largest absolute Gasteiger partial charge is 0.507 e. The number of carbonyl (C=O) groups is 2. The Morgan fingerprint density at radius 1 is 0.871 bits per heavy atom. The van der Waals surface area contributed by atoms with Crippen LogP contribution in [0.15, 0.2) is 58.5 Å². The highest BCUT2D eigenvalue weighted by Gasteiger charge is 2.48. The van der Waals surface area contributed by atoms with Crippen molar-refractivity contribution in [3.05, 3.63) is 93.4 Å². The summed E-state index contributed by atoms with van der Waals surface area (Å²) in [5.41, 5.74) is 4.78. The van der Waals surface area contributed by atoms with Gasteiger partial charge in [-0.1, -0.05) is 29.8 Å². The highest BCUT2D eigenvalue weighted by atomic mass is 16.3. The van der Waals surface area contributed by atoms with Gasteiger partial charge in [0.25, 0.3) is 11.7 Å². The van der Waals surface area contributed by atoms with Gasteiger partial charge in [-0.2, -0.15) is 0 Å². The van der Waals surface area contributed by atoms with E-state index in [9.17, 15) is 14.7 Å². The minimum atomic E-state index is -0.853. The minimum Gasteiger partial charge on any atom is -0.507 e. The number of benzene rings is 2. The summed E-state index contributed by atoms with van der Waals surface area (Å²) in [6, 6.07) is 14.1. The van der Waals surface area contributed by atoms with Crippen molar-refractivity contribution in [1.82, 2.24) is 0 Å². The Morgan fingerprint density at radius 2 is 1.52 bits per heavy atom. The van der Waals surface area contributed by atoms with Crippen LogP contribution in [0.2, 0.25) is 0 Å². The highest BCUT2D eigenvalue weighted by molar-refractivity contribution is 6.51. The number of rotatable bonds is 3. The van der Waals surface area contributed by atoms with E-state index >= 15 is 0 Å². The minimum absolute atomic E-state index is 0.0361. The molecule has 1 atom stereocenters. The molecular formula is C26H25NO4. The van der Waals surface area contributed by atoms with E-state index in [1.807, 2.05) is 64.1 Å². The third kappa shape index (κ3) is 3.46. The quantitative estimate of drug-likeness (QED) is 0.351. The number of hydrogen-bond donors (Lipinski definition) is 1. The summed E-state index contributed by atoms with van der Waals surface area (Å²) in [6.45, 7) is 9.41. The smallest absolute Gasteiger partial charge is 0.300 e. The van der Waals surface area contributed by atoms with Gasteiger partial charge in [-0.25, -0.2) is 0 Å². The van der Waals surface area contributed by atoms with Crippen LogP contribution in [0.5, 0.6) is 0 Å². The molecule has 0 aliphatic carbocycles. The van der Waals surface area contributed by atoms with E-state index in [4.69, 9.17) is 4.42 Å². The Balaban J connectivity index is 2.01. The molecule has 1 fully saturated rings.